The van der Waals surface area contributed by atoms with Gasteiger partial charge in [-0.25, -0.2) is 14.6 Å². The molecule has 0 aliphatic carbocycles. The average molecular weight is 556 g/mol. The Morgan fingerprint density at radius 2 is 1.35 bits per heavy atom. The summed E-state index contributed by atoms with van der Waals surface area (Å²) in [6, 6.07) is 43.4. The van der Waals surface area contributed by atoms with E-state index in [0.717, 1.165) is 55.7 Å². The first-order chi connectivity index (χ1) is 21.3. The lowest BCUT2D eigenvalue weighted by molar-refractivity contribution is 0.483. The van der Waals surface area contributed by atoms with Gasteiger partial charge in [0.25, 0.3) is 0 Å². The number of fused-ring (bicyclic) bond motifs is 2. The smallest absolute Gasteiger partial charge is 0.165 e. The molecule has 204 valence electrons. The summed E-state index contributed by atoms with van der Waals surface area (Å²) in [5.41, 5.74) is 5.46. The van der Waals surface area contributed by atoms with Crippen LogP contribution in [0.4, 0.5) is 0 Å². The van der Waals surface area contributed by atoms with Gasteiger partial charge in [0.2, 0.25) is 0 Å². The van der Waals surface area contributed by atoms with Crippen LogP contribution in [0.25, 0.3) is 55.7 Å². The molecule has 0 unspecified atom stereocenters. The van der Waals surface area contributed by atoms with Crippen LogP contribution < -0.4 is 4.74 Å². The molecule has 0 atom stereocenters. The van der Waals surface area contributed by atoms with Crippen molar-refractivity contribution in [2.24, 2.45) is 0 Å². The van der Waals surface area contributed by atoms with Crippen molar-refractivity contribution in [3.05, 3.63) is 152 Å². The lowest BCUT2D eigenvalue weighted by Crippen LogP contribution is -2.00. The van der Waals surface area contributed by atoms with E-state index in [4.69, 9.17) is 9.72 Å². The lowest BCUT2D eigenvalue weighted by atomic mass is 9.98. The Kier molecular flexibility index (Phi) is 6.01. The van der Waals surface area contributed by atoms with Crippen molar-refractivity contribution < 1.29 is 4.74 Å². The molecule has 8 rings (SSSR count). The molecule has 0 N–H and O–H groups in total. The Balaban J connectivity index is 1.28. The number of hydrogen-bond donors (Lipinski definition) is 0. The molecule has 0 bridgehead atoms. The van der Waals surface area contributed by atoms with Crippen LogP contribution in [0.2, 0.25) is 0 Å². The maximum atomic E-state index is 6.41. The summed E-state index contributed by atoms with van der Waals surface area (Å²) in [6.45, 7) is 0. The molecule has 43 heavy (non-hydrogen) atoms. The maximum Gasteiger partial charge on any atom is 0.165 e. The normalized spacial score (nSPS) is 11.3. The van der Waals surface area contributed by atoms with Crippen LogP contribution in [-0.4, -0.2) is 24.3 Å². The summed E-state index contributed by atoms with van der Waals surface area (Å²) >= 11 is 0. The van der Waals surface area contributed by atoms with Crippen LogP contribution in [0.1, 0.15) is 0 Å². The minimum absolute atomic E-state index is 0.622. The minimum atomic E-state index is 0.622. The number of pyridine rings is 2. The van der Waals surface area contributed by atoms with E-state index >= 15 is 0 Å². The molecule has 4 heterocycles. The first-order valence-corrected chi connectivity index (χ1v) is 14.1. The van der Waals surface area contributed by atoms with Crippen LogP contribution in [0, 0.1) is 0 Å². The van der Waals surface area contributed by atoms with Crippen molar-refractivity contribution in [1.29, 1.82) is 0 Å². The quantitative estimate of drug-likeness (QED) is 0.206. The summed E-state index contributed by atoms with van der Waals surface area (Å²) in [6.07, 6.45) is 7.21. The van der Waals surface area contributed by atoms with Gasteiger partial charge in [0.05, 0.1) is 23.6 Å². The van der Waals surface area contributed by atoms with Gasteiger partial charge in [-0.2, -0.15) is 5.10 Å². The van der Waals surface area contributed by atoms with Crippen molar-refractivity contribution >= 4 is 21.7 Å². The first-order valence-electron chi connectivity index (χ1n) is 14.1. The molecule has 0 radical (unpaired) electrons. The van der Waals surface area contributed by atoms with Crippen molar-refractivity contribution in [3.63, 3.8) is 0 Å². The van der Waals surface area contributed by atoms with Crippen molar-refractivity contribution in [2.45, 2.75) is 0 Å². The standard InChI is InChI=1S/C37H25N5O/c1-3-12-27(13-4-1)35-32-19-18-29(43-30-24-40-41(25-30)37-31-16-8-7-11-26(31)20-22-39-37)23-33(32)42(34-17-9-10-21-38-34)36(35)28-14-5-2-6-15-28/h1-25H. The van der Waals surface area contributed by atoms with E-state index in [1.807, 2.05) is 73.1 Å². The Bertz CT molecular complexity index is 2200. The van der Waals surface area contributed by atoms with E-state index in [2.05, 4.69) is 81.4 Å². The van der Waals surface area contributed by atoms with E-state index in [9.17, 15) is 0 Å². The number of nitrogens with zero attached hydrogens (tertiary/aromatic N) is 5. The third kappa shape index (κ3) is 4.42. The fourth-order valence-corrected chi connectivity index (χ4v) is 5.72. The summed E-state index contributed by atoms with van der Waals surface area (Å²) in [5, 5.41) is 7.81. The summed E-state index contributed by atoms with van der Waals surface area (Å²) in [4.78, 5) is 9.36. The van der Waals surface area contributed by atoms with Crippen LogP contribution >= 0.6 is 0 Å². The molecule has 0 fully saturated rings. The number of aromatic nitrogens is 5. The molecule has 0 saturated heterocycles. The average Bonchev–Trinajstić information content (AvgIpc) is 3.68. The van der Waals surface area contributed by atoms with Gasteiger partial charge in [-0.3, -0.25) is 4.57 Å². The second kappa shape index (κ2) is 10.4. The highest BCUT2D eigenvalue weighted by Gasteiger charge is 2.22. The predicted octanol–water partition coefficient (Wildman–Crippen LogP) is 8.89. The summed E-state index contributed by atoms with van der Waals surface area (Å²) in [5.74, 6) is 2.91. The second-order valence-electron chi connectivity index (χ2n) is 10.2. The number of ether oxygens (including phenoxy) is 1. The number of benzene rings is 4. The van der Waals surface area contributed by atoms with E-state index in [-0.39, 0.29) is 0 Å². The van der Waals surface area contributed by atoms with Crippen molar-refractivity contribution in [2.75, 3.05) is 0 Å². The highest BCUT2D eigenvalue weighted by atomic mass is 16.5. The zero-order chi connectivity index (χ0) is 28.6. The van der Waals surface area contributed by atoms with E-state index in [0.29, 0.717) is 11.5 Å². The third-order valence-electron chi connectivity index (χ3n) is 7.59. The van der Waals surface area contributed by atoms with E-state index in [1.165, 1.54) is 0 Å². The minimum Gasteiger partial charge on any atom is -0.454 e. The van der Waals surface area contributed by atoms with E-state index < -0.39 is 0 Å². The van der Waals surface area contributed by atoms with Crippen molar-refractivity contribution in [3.8, 4) is 45.5 Å². The molecule has 4 aromatic heterocycles. The maximum absolute atomic E-state index is 6.41. The molecule has 0 amide bonds. The molecule has 8 aromatic rings. The van der Waals surface area contributed by atoms with E-state index in [1.54, 1.807) is 17.1 Å². The molecule has 0 aliphatic heterocycles. The Labute approximate surface area is 248 Å². The van der Waals surface area contributed by atoms with Gasteiger partial charge < -0.3 is 4.74 Å². The molecule has 0 spiro atoms. The highest BCUT2D eigenvalue weighted by molar-refractivity contribution is 6.06. The Morgan fingerprint density at radius 1 is 0.581 bits per heavy atom. The Hall–Kier alpha value is -6.01. The largest absolute Gasteiger partial charge is 0.454 e. The molecular weight excluding hydrogens is 530 g/mol. The number of hydrogen-bond acceptors (Lipinski definition) is 4. The zero-order valence-corrected chi connectivity index (χ0v) is 23.1. The summed E-state index contributed by atoms with van der Waals surface area (Å²) < 4.78 is 10.4. The fraction of sp³-hybridized carbons (Fsp3) is 0. The SMILES string of the molecule is c1ccc(-c2c(-c3ccccc3)n(-c3ccccn3)c3cc(Oc4cnn(-c5nccc6ccccc56)c4)ccc23)cc1. The molecule has 6 nitrogen and oxygen atoms in total. The van der Waals surface area contributed by atoms with Gasteiger partial charge in [0.15, 0.2) is 11.6 Å². The van der Waals surface area contributed by atoms with Gasteiger partial charge in [-0.1, -0.05) is 91.0 Å². The molecule has 0 saturated carbocycles. The van der Waals surface area contributed by atoms with Crippen LogP contribution in [0.5, 0.6) is 11.5 Å². The van der Waals surface area contributed by atoms with Crippen LogP contribution in [0.15, 0.2) is 152 Å². The zero-order valence-electron chi connectivity index (χ0n) is 23.1. The molecular formula is C37H25N5O. The Morgan fingerprint density at radius 3 is 2.16 bits per heavy atom. The van der Waals surface area contributed by atoms with Crippen LogP contribution in [-0.2, 0) is 0 Å². The lowest BCUT2D eigenvalue weighted by Gasteiger charge is -2.12. The van der Waals surface area contributed by atoms with Gasteiger partial charge >= 0.3 is 0 Å². The topological polar surface area (TPSA) is 57.8 Å². The molecule has 4 aromatic carbocycles. The van der Waals surface area contributed by atoms with Gasteiger partial charge in [0, 0.05) is 34.8 Å². The highest BCUT2D eigenvalue weighted by Crippen LogP contribution is 2.43. The third-order valence-corrected chi connectivity index (χ3v) is 7.59. The monoisotopic (exact) mass is 555 g/mol. The van der Waals surface area contributed by atoms with Crippen LogP contribution in [0.3, 0.4) is 0 Å². The fourth-order valence-electron chi connectivity index (χ4n) is 5.72. The predicted molar refractivity (Wildman–Crippen MR) is 171 cm³/mol. The number of rotatable bonds is 6. The van der Waals surface area contributed by atoms with Gasteiger partial charge in [-0.05, 0) is 46.8 Å². The summed E-state index contributed by atoms with van der Waals surface area (Å²) in [7, 11) is 0. The van der Waals surface area contributed by atoms with Gasteiger partial charge in [-0.15, -0.1) is 0 Å². The molecule has 6 heteroatoms. The van der Waals surface area contributed by atoms with Gasteiger partial charge in [0.1, 0.15) is 11.6 Å². The first kappa shape index (κ1) is 24.8. The second-order valence-corrected chi connectivity index (χ2v) is 10.2. The van der Waals surface area contributed by atoms with Crippen molar-refractivity contribution in [1.82, 2.24) is 24.3 Å². The molecule has 0 aliphatic rings.